The molecule has 0 aromatic carbocycles. The Morgan fingerprint density at radius 2 is 1.17 bits per heavy atom. The topological polar surface area (TPSA) is 139 Å². The van der Waals surface area contributed by atoms with E-state index in [4.69, 9.17) is 20.4 Å². The molecule has 4 unspecified atom stereocenters. The molecule has 0 spiro atoms. The van der Waals surface area contributed by atoms with Crippen LogP contribution in [-0.4, -0.2) is 69.7 Å². The van der Waals surface area contributed by atoms with Crippen molar-refractivity contribution in [3.63, 3.8) is 0 Å². The summed E-state index contributed by atoms with van der Waals surface area (Å²) in [6, 6.07) is -1.08. The average Bonchev–Trinajstić information content (AvgIpc) is 2.88. The Hall–Kier alpha value is -1.22. The lowest BCUT2D eigenvalue weighted by Crippen LogP contribution is -2.29. The fourth-order valence-corrected chi connectivity index (χ4v) is 1.81. The number of hydrogen-bond acceptors (Lipinski definition) is 6. The molecule has 0 aliphatic carbocycles. The quantitative estimate of drug-likeness (QED) is 0.323. The number of nitrogens with one attached hydrogen (secondary N) is 2. The molecule has 8 nitrogen and oxygen atoms in total. The molecule has 2 aliphatic rings. The molecule has 0 aromatic heterocycles. The molecule has 2 rings (SSSR count). The van der Waals surface area contributed by atoms with E-state index in [1.807, 2.05) is 0 Å². The van der Waals surface area contributed by atoms with Gasteiger partial charge in [-0.1, -0.05) is 0 Å². The van der Waals surface area contributed by atoms with Crippen LogP contribution in [0.2, 0.25) is 0 Å². The van der Waals surface area contributed by atoms with Crippen molar-refractivity contribution in [2.75, 3.05) is 13.1 Å². The summed E-state index contributed by atoms with van der Waals surface area (Å²) in [5.74, 6) is -1.77. The third-order valence-corrected chi connectivity index (χ3v) is 2.81. The van der Waals surface area contributed by atoms with E-state index >= 15 is 0 Å². The van der Waals surface area contributed by atoms with E-state index in [2.05, 4.69) is 10.6 Å². The van der Waals surface area contributed by atoms with Crippen molar-refractivity contribution in [1.29, 1.82) is 0 Å². The van der Waals surface area contributed by atoms with Crippen molar-refractivity contribution in [2.24, 2.45) is 0 Å². The molecule has 2 heterocycles. The Morgan fingerprint density at radius 3 is 1.28 bits per heavy atom. The number of carboxylic acids is 2. The van der Waals surface area contributed by atoms with Gasteiger partial charge in [0.2, 0.25) is 0 Å². The number of aliphatic hydroxyl groups excluding tert-OH is 2. The van der Waals surface area contributed by atoms with Crippen LogP contribution < -0.4 is 10.6 Å². The minimum atomic E-state index is -0.883. The summed E-state index contributed by atoms with van der Waals surface area (Å²) in [7, 11) is 0. The summed E-state index contributed by atoms with van der Waals surface area (Å²) in [5, 5.41) is 39.7. The van der Waals surface area contributed by atoms with Crippen molar-refractivity contribution in [2.45, 2.75) is 37.1 Å². The van der Waals surface area contributed by atoms with E-state index in [9.17, 15) is 9.59 Å². The van der Waals surface area contributed by atoms with Gasteiger partial charge in [0.15, 0.2) is 0 Å². The van der Waals surface area contributed by atoms with Crippen LogP contribution in [-0.2, 0) is 9.59 Å². The first-order valence-electron chi connectivity index (χ1n) is 5.68. The lowest BCUT2D eigenvalue weighted by molar-refractivity contribution is -0.140. The highest BCUT2D eigenvalue weighted by Crippen LogP contribution is 2.05. The molecule has 0 aromatic rings. The molecule has 2 fully saturated rings. The minimum absolute atomic E-state index is 0.329. The lowest BCUT2D eigenvalue weighted by atomic mass is 10.2. The third-order valence-electron chi connectivity index (χ3n) is 2.81. The van der Waals surface area contributed by atoms with E-state index in [1.54, 1.807) is 0 Å². The lowest BCUT2D eigenvalue weighted by Gasteiger charge is -1.99. The molecule has 0 radical (unpaired) electrons. The second-order valence-corrected chi connectivity index (χ2v) is 4.38. The SMILES string of the molecule is O=C(O)C1CC(O)CN1.O=C(O)C1CC(O)CN1. The van der Waals surface area contributed by atoms with Crippen LogP contribution in [0.5, 0.6) is 0 Å². The highest BCUT2D eigenvalue weighted by molar-refractivity contribution is 5.74. The number of carbonyl (C=O) groups is 2. The molecule has 4 atom stereocenters. The van der Waals surface area contributed by atoms with E-state index in [0.29, 0.717) is 25.9 Å². The second-order valence-electron chi connectivity index (χ2n) is 4.38. The van der Waals surface area contributed by atoms with Gasteiger partial charge in [0.25, 0.3) is 0 Å². The Balaban J connectivity index is 0.000000180. The highest BCUT2D eigenvalue weighted by atomic mass is 16.4. The van der Waals surface area contributed by atoms with Gasteiger partial charge in [0.05, 0.1) is 12.2 Å². The van der Waals surface area contributed by atoms with Crippen molar-refractivity contribution >= 4 is 11.9 Å². The molecule has 8 heteroatoms. The Kier molecular flexibility index (Phi) is 5.48. The maximum Gasteiger partial charge on any atom is 0.320 e. The van der Waals surface area contributed by atoms with Crippen LogP contribution in [0, 0.1) is 0 Å². The maximum atomic E-state index is 10.2. The highest BCUT2D eigenvalue weighted by Gasteiger charge is 2.27. The Labute approximate surface area is 104 Å². The molecule has 2 saturated heterocycles. The molecule has 0 amide bonds. The van der Waals surface area contributed by atoms with Crippen LogP contribution in [0.25, 0.3) is 0 Å². The Bertz CT molecular complexity index is 281. The van der Waals surface area contributed by atoms with Gasteiger partial charge in [-0.3, -0.25) is 9.59 Å². The van der Waals surface area contributed by atoms with E-state index in [1.165, 1.54) is 0 Å². The summed E-state index contributed by atoms with van der Waals surface area (Å²) < 4.78 is 0. The third kappa shape index (κ3) is 4.57. The molecular formula is C10H18N2O6. The van der Waals surface area contributed by atoms with E-state index in [-0.39, 0.29) is 0 Å². The summed E-state index contributed by atoms with van der Waals surface area (Å²) in [4.78, 5) is 20.3. The summed E-state index contributed by atoms with van der Waals surface area (Å²) in [6.07, 6.45) is -0.304. The van der Waals surface area contributed by atoms with Crippen LogP contribution in [0.1, 0.15) is 12.8 Å². The van der Waals surface area contributed by atoms with Gasteiger partial charge in [-0.15, -0.1) is 0 Å². The van der Waals surface area contributed by atoms with E-state index in [0.717, 1.165) is 0 Å². The fourth-order valence-electron chi connectivity index (χ4n) is 1.81. The number of carboxylic acid groups (broad SMARTS) is 2. The largest absolute Gasteiger partial charge is 0.480 e. The zero-order valence-corrected chi connectivity index (χ0v) is 9.74. The molecular weight excluding hydrogens is 244 g/mol. The number of aliphatic hydroxyl groups is 2. The van der Waals surface area contributed by atoms with Crippen LogP contribution in [0.4, 0.5) is 0 Å². The van der Waals surface area contributed by atoms with Gasteiger partial charge in [-0.2, -0.15) is 0 Å². The molecule has 0 saturated carbocycles. The second kappa shape index (κ2) is 6.64. The summed E-state index contributed by atoms with van der Waals surface area (Å²) in [5.41, 5.74) is 0. The number of rotatable bonds is 2. The van der Waals surface area contributed by atoms with Crippen LogP contribution in [0.3, 0.4) is 0 Å². The number of aliphatic carboxylic acids is 2. The molecule has 104 valence electrons. The van der Waals surface area contributed by atoms with Crippen molar-refractivity contribution in [3.05, 3.63) is 0 Å². The zero-order chi connectivity index (χ0) is 13.7. The first-order chi connectivity index (χ1) is 8.40. The molecule has 0 bridgehead atoms. The zero-order valence-electron chi connectivity index (χ0n) is 9.74. The summed E-state index contributed by atoms with van der Waals surface area (Å²) >= 11 is 0. The van der Waals surface area contributed by atoms with Gasteiger partial charge >= 0.3 is 11.9 Å². The average molecular weight is 262 g/mol. The minimum Gasteiger partial charge on any atom is -0.480 e. The van der Waals surface area contributed by atoms with Gasteiger partial charge in [0.1, 0.15) is 12.1 Å². The summed E-state index contributed by atoms with van der Waals surface area (Å²) in [6.45, 7) is 0.800. The number of hydrogen-bond donors (Lipinski definition) is 6. The first kappa shape index (κ1) is 14.8. The number of β-amino-alcohol motifs (C(OH)–C–C–N with tert-alkyl or cyclic N) is 2. The van der Waals surface area contributed by atoms with Gasteiger partial charge in [0, 0.05) is 25.9 Å². The predicted molar refractivity (Wildman–Crippen MR) is 60.1 cm³/mol. The van der Waals surface area contributed by atoms with Crippen LogP contribution >= 0.6 is 0 Å². The normalized spacial score (nSPS) is 34.8. The van der Waals surface area contributed by atoms with Crippen molar-refractivity contribution in [1.82, 2.24) is 10.6 Å². The van der Waals surface area contributed by atoms with Crippen molar-refractivity contribution < 1.29 is 30.0 Å². The predicted octanol–water partition coefficient (Wildman–Crippen LogP) is -2.41. The standard InChI is InChI=1S/2C5H9NO3/c2*7-3-1-4(5(8)9)6-2-3/h2*3-4,6-7H,1-2H2,(H,8,9). The monoisotopic (exact) mass is 262 g/mol. The fraction of sp³-hybridized carbons (Fsp3) is 0.800. The van der Waals surface area contributed by atoms with Crippen molar-refractivity contribution in [3.8, 4) is 0 Å². The van der Waals surface area contributed by atoms with Gasteiger partial charge in [-0.25, -0.2) is 0 Å². The maximum absolute atomic E-state index is 10.2. The molecule has 2 aliphatic heterocycles. The van der Waals surface area contributed by atoms with Crippen LogP contribution in [0.15, 0.2) is 0 Å². The van der Waals surface area contributed by atoms with Gasteiger partial charge < -0.3 is 31.1 Å². The van der Waals surface area contributed by atoms with Gasteiger partial charge in [-0.05, 0) is 0 Å². The molecule has 18 heavy (non-hydrogen) atoms. The Morgan fingerprint density at radius 1 is 0.833 bits per heavy atom. The van der Waals surface area contributed by atoms with E-state index < -0.39 is 36.2 Å². The smallest absolute Gasteiger partial charge is 0.320 e. The molecule has 6 N–H and O–H groups in total. The first-order valence-corrected chi connectivity index (χ1v) is 5.68.